The molecule has 184 valence electrons. The molecule has 3 heterocycles. The van der Waals surface area contributed by atoms with Gasteiger partial charge in [0, 0.05) is 4.88 Å². The van der Waals surface area contributed by atoms with Crippen LogP contribution in [0.2, 0.25) is 0 Å². The van der Waals surface area contributed by atoms with Crippen LogP contribution in [0, 0.1) is 11.3 Å². The van der Waals surface area contributed by atoms with Crippen molar-refractivity contribution >= 4 is 39.6 Å². The van der Waals surface area contributed by atoms with E-state index in [0.717, 1.165) is 35.4 Å². The number of anilines is 1. The zero-order chi connectivity index (χ0) is 24.7. The predicted octanol–water partition coefficient (Wildman–Crippen LogP) is 6.43. The van der Waals surface area contributed by atoms with Crippen molar-refractivity contribution in [3.05, 3.63) is 62.2 Å². The lowest BCUT2D eigenvalue weighted by atomic mass is 9.72. The third kappa shape index (κ3) is 4.69. The first-order chi connectivity index (χ1) is 16.7. The smallest absolute Gasteiger partial charge is 0.353 e. The minimum Gasteiger partial charge on any atom is -0.490 e. The van der Waals surface area contributed by atoms with E-state index in [1.54, 1.807) is 23.5 Å². The zero-order valence-corrected chi connectivity index (χ0v) is 22.0. The normalized spacial score (nSPS) is 19.3. The maximum absolute atomic E-state index is 13.2. The van der Waals surface area contributed by atoms with Crippen LogP contribution in [0.5, 0.6) is 11.5 Å². The second kappa shape index (κ2) is 9.32. The first-order valence-corrected chi connectivity index (χ1v) is 13.7. The van der Waals surface area contributed by atoms with Gasteiger partial charge in [-0.1, -0.05) is 32.9 Å². The Labute approximate surface area is 213 Å². The third-order valence-electron chi connectivity index (χ3n) is 6.79. The van der Waals surface area contributed by atoms with Crippen molar-refractivity contribution < 1.29 is 19.1 Å². The summed E-state index contributed by atoms with van der Waals surface area (Å²) in [7, 11) is 0. The van der Waals surface area contributed by atoms with E-state index in [2.05, 4.69) is 31.4 Å². The Balaban J connectivity index is 1.39. The van der Waals surface area contributed by atoms with Gasteiger partial charge >= 0.3 is 5.97 Å². The first-order valence-electron chi connectivity index (χ1n) is 12.0. The van der Waals surface area contributed by atoms with Crippen LogP contribution < -0.4 is 20.1 Å². The first kappa shape index (κ1) is 23.9. The van der Waals surface area contributed by atoms with Gasteiger partial charge in [-0.15, -0.1) is 22.7 Å². The van der Waals surface area contributed by atoms with Gasteiger partial charge in [0.05, 0.1) is 12.2 Å². The molecule has 0 bridgehead atoms. The fraction of sp³-hybridized carbons (Fsp3) is 0.407. The highest BCUT2D eigenvalue weighted by atomic mass is 32.1. The quantitative estimate of drug-likeness (QED) is 0.305. The lowest BCUT2D eigenvalue weighted by Gasteiger charge is -2.34. The molecule has 0 radical (unpaired) electrons. The molecule has 0 saturated heterocycles. The van der Waals surface area contributed by atoms with Gasteiger partial charge in [0.1, 0.15) is 16.0 Å². The third-order valence-corrected chi connectivity index (χ3v) is 8.83. The highest BCUT2D eigenvalue weighted by molar-refractivity contribution is 7.16. The van der Waals surface area contributed by atoms with Crippen molar-refractivity contribution in [3.63, 3.8) is 0 Å². The standard InChI is InChI=1S/C27H30N2O4S2/c1-5-32-19-13-15(8-11-18(19)33-26(31)20-7-6-12-34-20)23-28-24(30)22-17-10-9-16(27(2,3)4)14-21(17)35-25(22)29-23/h6-8,11-13,16,23,29H,5,9-10,14H2,1-4H3,(H,28,30). The zero-order valence-electron chi connectivity index (χ0n) is 20.4. The molecule has 2 N–H and O–H groups in total. The van der Waals surface area contributed by atoms with Crippen LogP contribution in [-0.4, -0.2) is 18.5 Å². The van der Waals surface area contributed by atoms with E-state index < -0.39 is 12.1 Å². The van der Waals surface area contributed by atoms with Crippen LogP contribution in [0.1, 0.15) is 76.3 Å². The van der Waals surface area contributed by atoms with E-state index in [0.29, 0.717) is 28.9 Å². The molecule has 2 atom stereocenters. The summed E-state index contributed by atoms with van der Waals surface area (Å²) in [6.07, 6.45) is 2.69. The van der Waals surface area contributed by atoms with E-state index in [-0.39, 0.29) is 11.3 Å². The number of esters is 1. The summed E-state index contributed by atoms with van der Waals surface area (Å²) in [5.74, 6) is 0.987. The number of carbonyl (C=O) groups excluding carboxylic acids is 2. The maximum Gasteiger partial charge on any atom is 0.353 e. The molecule has 0 fully saturated rings. The number of ether oxygens (including phenoxy) is 2. The van der Waals surface area contributed by atoms with Crippen molar-refractivity contribution in [1.82, 2.24) is 5.32 Å². The second-order valence-electron chi connectivity index (χ2n) is 10.1. The lowest BCUT2D eigenvalue weighted by Crippen LogP contribution is -2.38. The van der Waals surface area contributed by atoms with Crippen LogP contribution >= 0.6 is 22.7 Å². The molecule has 6 nitrogen and oxygen atoms in total. The Morgan fingerprint density at radius 2 is 2.00 bits per heavy atom. The molecule has 5 rings (SSSR count). The number of hydrogen-bond donors (Lipinski definition) is 2. The van der Waals surface area contributed by atoms with Gasteiger partial charge < -0.3 is 20.1 Å². The molecular formula is C27H30N2O4S2. The molecule has 0 saturated carbocycles. The molecule has 8 heteroatoms. The minimum absolute atomic E-state index is 0.0402. The topological polar surface area (TPSA) is 76.7 Å². The monoisotopic (exact) mass is 510 g/mol. The number of fused-ring (bicyclic) bond motifs is 3. The predicted molar refractivity (Wildman–Crippen MR) is 140 cm³/mol. The number of benzene rings is 1. The highest BCUT2D eigenvalue weighted by Crippen LogP contribution is 2.46. The van der Waals surface area contributed by atoms with Crippen LogP contribution in [0.25, 0.3) is 0 Å². The number of hydrogen-bond acceptors (Lipinski definition) is 7. The highest BCUT2D eigenvalue weighted by Gasteiger charge is 2.36. The van der Waals surface area contributed by atoms with Gasteiger partial charge in [-0.05, 0) is 72.2 Å². The van der Waals surface area contributed by atoms with Crippen molar-refractivity contribution in [1.29, 1.82) is 0 Å². The van der Waals surface area contributed by atoms with Gasteiger partial charge in [-0.25, -0.2) is 4.79 Å². The van der Waals surface area contributed by atoms with Gasteiger partial charge in [0.25, 0.3) is 5.91 Å². The van der Waals surface area contributed by atoms with Crippen molar-refractivity contribution in [3.8, 4) is 11.5 Å². The van der Waals surface area contributed by atoms with E-state index in [9.17, 15) is 9.59 Å². The van der Waals surface area contributed by atoms with Gasteiger partial charge in [0.15, 0.2) is 11.5 Å². The molecule has 2 unspecified atom stereocenters. The van der Waals surface area contributed by atoms with Crippen LogP contribution in [0.3, 0.4) is 0 Å². The average Bonchev–Trinajstić information content (AvgIpc) is 3.47. The van der Waals surface area contributed by atoms with Gasteiger partial charge in [-0.3, -0.25) is 4.79 Å². The Bertz CT molecular complexity index is 1260. The van der Waals surface area contributed by atoms with Gasteiger partial charge in [-0.2, -0.15) is 0 Å². The number of amides is 1. The average molecular weight is 511 g/mol. The van der Waals surface area contributed by atoms with Gasteiger partial charge in [0.2, 0.25) is 0 Å². The van der Waals surface area contributed by atoms with E-state index in [4.69, 9.17) is 9.47 Å². The Kier molecular flexibility index (Phi) is 6.36. The summed E-state index contributed by atoms with van der Waals surface area (Å²) in [4.78, 5) is 27.5. The lowest BCUT2D eigenvalue weighted by molar-refractivity contribution is 0.0733. The number of thiophene rings is 2. The van der Waals surface area contributed by atoms with Crippen molar-refractivity contribution in [2.75, 3.05) is 11.9 Å². The fourth-order valence-corrected chi connectivity index (χ4v) is 6.76. The summed E-state index contributed by atoms with van der Waals surface area (Å²) in [5, 5.41) is 9.41. The minimum atomic E-state index is -0.417. The molecule has 35 heavy (non-hydrogen) atoms. The van der Waals surface area contributed by atoms with Crippen molar-refractivity contribution in [2.45, 2.75) is 53.1 Å². The molecule has 3 aromatic rings. The molecule has 1 aromatic carbocycles. The molecule has 1 aliphatic heterocycles. The number of nitrogens with one attached hydrogen (secondary N) is 2. The molecular weight excluding hydrogens is 480 g/mol. The van der Waals surface area contributed by atoms with Crippen LogP contribution in [0.4, 0.5) is 5.00 Å². The number of rotatable bonds is 5. The molecule has 2 aromatic heterocycles. The Morgan fingerprint density at radius 1 is 1.17 bits per heavy atom. The maximum atomic E-state index is 13.2. The molecule has 2 aliphatic rings. The molecule has 0 spiro atoms. The number of carbonyl (C=O) groups is 2. The van der Waals surface area contributed by atoms with Crippen molar-refractivity contribution in [2.24, 2.45) is 11.3 Å². The Hall–Kier alpha value is -2.84. The summed E-state index contributed by atoms with van der Waals surface area (Å²) in [6.45, 7) is 9.21. The van der Waals surface area contributed by atoms with E-state index in [1.165, 1.54) is 21.8 Å². The SMILES string of the molecule is CCOc1cc(C2NC(=O)c3c(sc4c3CCC(C(C)(C)C)C4)N2)ccc1OC(=O)c1cccs1. The summed E-state index contributed by atoms with van der Waals surface area (Å²) < 4.78 is 11.4. The van der Waals surface area contributed by atoms with E-state index >= 15 is 0 Å². The summed E-state index contributed by atoms with van der Waals surface area (Å²) in [5.41, 5.74) is 3.10. The Morgan fingerprint density at radius 3 is 2.71 bits per heavy atom. The van der Waals surface area contributed by atoms with Crippen LogP contribution in [0.15, 0.2) is 35.7 Å². The second-order valence-corrected chi connectivity index (χ2v) is 12.1. The largest absolute Gasteiger partial charge is 0.490 e. The van der Waals surface area contributed by atoms with E-state index in [1.807, 2.05) is 30.5 Å². The van der Waals surface area contributed by atoms with Crippen LogP contribution in [-0.2, 0) is 12.8 Å². The molecule has 1 amide bonds. The fourth-order valence-electron chi connectivity index (χ4n) is 4.81. The molecule has 1 aliphatic carbocycles. The summed E-state index contributed by atoms with van der Waals surface area (Å²) in [6, 6.07) is 8.94. The summed E-state index contributed by atoms with van der Waals surface area (Å²) >= 11 is 3.04.